The molecule has 2 amide bonds. The molecule has 0 bridgehead atoms. The molecule has 0 heterocycles. The number of rotatable bonds is 4. The summed E-state index contributed by atoms with van der Waals surface area (Å²) in [7, 11) is 0. The molecule has 4 N–H and O–H groups in total. The van der Waals surface area contributed by atoms with E-state index in [4.69, 9.17) is 17.3 Å². The summed E-state index contributed by atoms with van der Waals surface area (Å²) in [6.45, 7) is 1.76. The van der Waals surface area contributed by atoms with Crippen molar-refractivity contribution in [1.82, 2.24) is 0 Å². The molecular weight excluding hydrogens is 242 g/mol. The number of aryl methyl sites for hydroxylation is 1. The first kappa shape index (κ1) is 13.5. The zero-order valence-electron chi connectivity index (χ0n) is 9.42. The molecule has 6 heteroatoms. The summed E-state index contributed by atoms with van der Waals surface area (Å²) in [5, 5.41) is 5.24. The molecule has 0 aliphatic heterocycles. The monoisotopic (exact) mass is 255 g/mol. The Morgan fingerprint density at radius 2 is 2.00 bits per heavy atom. The molecule has 0 aliphatic carbocycles. The van der Waals surface area contributed by atoms with E-state index < -0.39 is 0 Å². The summed E-state index contributed by atoms with van der Waals surface area (Å²) >= 11 is 5.40. The van der Waals surface area contributed by atoms with Crippen LogP contribution in [0.2, 0.25) is 0 Å². The van der Waals surface area contributed by atoms with Gasteiger partial charge in [0.15, 0.2) is 0 Å². The van der Waals surface area contributed by atoms with Gasteiger partial charge in [0.1, 0.15) is 5.88 Å². The Morgan fingerprint density at radius 1 is 1.29 bits per heavy atom. The fraction of sp³-hybridized carbons (Fsp3) is 0.273. The van der Waals surface area contributed by atoms with Gasteiger partial charge >= 0.3 is 0 Å². The van der Waals surface area contributed by atoms with Gasteiger partial charge in [-0.3, -0.25) is 9.59 Å². The standard InChI is InChI=1S/C11H14ClN3O2/c1-7-2-3-8(14-11(17)6-13)4-9(7)15-10(16)5-12/h2-4H,5-6,13H2,1H3,(H,14,17)(H,15,16). The van der Waals surface area contributed by atoms with Crippen LogP contribution in [0.5, 0.6) is 0 Å². The van der Waals surface area contributed by atoms with E-state index in [0.717, 1.165) is 5.56 Å². The van der Waals surface area contributed by atoms with Crippen LogP contribution in [0.4, 0.5) is 11.4 Å². The Morgan fingerprint density at radius 3 is 2.59 bits per heavy atom. The van der Waals surface area contributed by atoms with Crippen molar-refractivity contribution >= 4 is 34.8 Å². The van der Waals surface area contributed by atoms with E-state index in [0.29, 0.717) is 11.4 Å². The fourth-order valence-corrected chi connectivity index (χ4v) is 1.30. The Bertz CT molecular complexity index is 435. The van der Waals surface area contributed by atoms with Crippen LogP contribution in [0.3, 0.4) is 0 Å². The molecule has 0 aliphatic rings. The van der Waals surface area contributed by atoms with Crippen molar-refractivity contribution in [1.29, 1.82) is 0 Å². The lowest BCUT2D eigenvalue weighted by Crippen LogP contribution is -2.22. The number of anilines is 2. The maximum Gasteiger partial charge on any atom is 0.239 e. The van der Waals surface area contributed by atoms with Gasteiger partial charge < -0.3 is 16.4 Å². The number of hydrogen-bond acceptors (Lipinski definition) is 3. The lowest BCUT2D eigenvalue weighted by molar-refractivity contribution is -0.115. The first-order chi connectivity index (χ1) is 8.06. The van der Waals surface area contributed by atoms with Crippen molar-refractivity contribution < 1.29 is 9.59 Å². The highest BCUT2D eigenvalue weighted by molar-refractivity contribution is 6.29. The number of nitrogens with two attached hydrogens (primary N) is 1. The van der Waals surface area contributed by atoms with Gasteiger partial charge in [0.25, 0.3) is 0 Å². The minimum absolute atomic E-state index is 0.0861. The third-order valence-corrected chi connectivity index (χ3v) is 2.34. The zero-order valence-corrected chi connectivity index (χ0v) is 10.2. The van der Waals surface area contributed by atoms with Gasteiger partial charge in [0, 0.05) is 11.4 Å². The van der Waals surface area contributed by atoms with Crippen LogP contribution in [-0.4, -0.2) is 24.2 Å². The molecule has 5 nitrogen and oxygen atoms in total. The van der Waals surface area contributed by atoms with Crippen LogP contribution in [0.25, 0.3) is 0 Å². The normalized spacial score (nSPS) is 9.82. The SMILES string of the molecule is Cc1ccc(NC(=O)CN)cc1NC(=O)CCl. The molecule has 92 valence electrons. The molecule has 17 heavy (non-hydrogen) atoms. The topological polar surface area (TPSA) is 84.2 Å². The van der Waals surface area contributed by atoms with Crippen molar-refractivity contribution in [3.8, 4) is 0 Å². The number of alkyl halides is 1. The van der Waals surface area contributed by atoms with E-state index in [1.165, 1.54) is 0 Å². The summed E-state index contributed by atoms with van der Waals surface area (Å²) < 4.78 is 0. The molecule has 0 radical (unpaired) electrons. The Kier molecular flexibility index (Phi) is 4.93. The van der Waals surface area contributed by atoms with E-state index in [9.17, 15) is 9.59 Å². The molecule has 0 unspecified atom stereocenters. The van der Waals surface area contributed by atoms with E-state index in [-0.39, 0.29) is 24.2 Å². The molecule has 0 saturated heterocycles. The van der Waals surface area contributed by atoms with E-state index in [1.54, 1.807) is 18.2 Å². The lowest BCUT2D eigenvalue weighted by atomic mass is 10.1. The van der Waals surface area contributed by atoms with Gasteiger partial charge in [0.2, 0.25) is 11.8 Å². The van der Waals surface area contributed by atoms with E-state index in [1.807, 2.05) is 6.92 Å². The maximum absolute atomic E-state index is 11.2. The summed E-state index contributed by atoms with van der Waals surface area (Å²) in [4.78, 5) is 22.3. The zero-order chi connectivity index (χ0) is 12.8. The first-order valence-corrected chi connectivity index (χ1v) is 5.56. The number of carbonyl (C=O) groups is 2. The fourth-order valence-electron chi connectivity index (χ4n) is 1.23. The first-order valence-electron chi connectivity index (χ1n) is 5.03. The van der Waals surface area contributed by atoms with Crippen LogP contribution >= 0.6 is 11.6 Å². The summed E-state index contributed by atoms with van der Waals surface area (Å²) in [6, 6.07) is 5.18. The second-order valence-corrected chi connectivity index (χ2v) is 3.73. The van der Waals surface area contributed by atoms with Crippen LogP contribution in [0.1, 0.15) is 5.56 Å². The molecule has 0 saturated carbocycles. The maximum atomic E-state index is 11.2. The van der Waals surface area contributed by atoms with Crippen molar-refractivity contribution in [2.45, 2.75) is 6.92 Å². The van der Waals surface area contributed by atoms with Gasteiger partial charge in [-0.15, -0.1) is 11.6 Å². The number of carbonyl (C=O) groups excluding carboxylic acids is 2. The quantitative estimate of drug-likeness (QED) is 0.704. The van der Waals surface area contributed by atoms with E-state index >= 15 is 0 Å². The number of amides is 2. The molecule has 0 aromatic heterocycles. The van der Waals surface area contributed by atoms with Crippen LogP contribution in [0.15, 0.2) is 18.2 Å². The molecule has 0 spiro atoms. The largest absolute Gasteiger partial charge is 0.325 e. The molecule has 1 aromatic carbocycles. The molecule has 0 fully saturated rings. The summed E-state index contributed by atoms with van der Waals surface area (Å²) in [5.41, 5.74) is 7.27. The summed E-state index contributed by atoms with van der Waals surface area (Å²) in [5.74, 6) is -0.695. The van der Waals surface area contributed by atoms with Gasteiger partial charge in [-0.2, -0.15) is 0 Å². The van der Waals surface area contributed by atoms with Crippen LogP contribution < -0.4 is 16.4 Å². The van der Waals surface area contributed by atoms with Gasteiger partial charge in [-0.25, -0.2) is 0 Å². The minimum atomic E-state index is -0.294. The van der Waals surface area contributed by atoms with Gasteiger partial charge in [-0.1, -0.05) is 6.07 Å². The van der Waals surface area contributed by atoms with Crippen LogP contribution in [-0.2, 0) is 9.59 Å². The van der Waals surface area contributed by atoms with Crippen LogP contribution in [0, 0.1) is 6.92 Å². The Labute approximate surface area is 104 Å². The summed E-state index contributed by atoms with van der Waals surface area (Å²) in [6.07, 6.45) is 0. The number of nitrogens with one attached hydrogen (secondary N) is 2. The lowest BCUT2D eigenvalue weighted by Gasteiger charge is -2.10. The van der Waals surface area contributed by atoms with Crippen molar-refractivity contribution in [3.63, 3.8) is 0 Å². The average Bonchev–Trinajstić information content (AvgIpc) is 2.33. The molecular formula is C11H14ClN3O2. The minimum Gasteiger partial charge on any atom is -0.325 e. The van der Waals surface area contributed by atoms with E-state index in [2.05, 4.69) is 10.6 Å². The predicted octanol–water partition coefficient (Wildman–Crippen LogP) is 1.07. The number of halogens is 1. The third kappa shape index (κ3) is 4.05. The number of hydrogen-bond donors (Lipinski definition) is 3. The van der Waals surface area contributed by atoms with Crippen molar-refractivity contribution in [2.24, 2.45) is 5.73 Å². The average molecular weight is 256 g/mol. The van der Waals surface area contributed by atoms with Gasteiger partial charge in [-0.05, 0) is 24.6 Å². The highest BCUT2D eigenvalue weighted by Gasteiger charge is 2.06. The molecule has 1 aromatic rings. The predicted molar refractivity (Wildman–Crippen MR) is 68.2 cm³/mol. The van der Waals surface area contributed by atoms with Gasteiger partial charge in [0.05, 0.1) is 6.54 Å². The Balaban J connectivity index is 2.86. The van der Waals surface area contributed by atoms with Crippen molar-refractivity contribution in [2.75, 3.05) is 23.1 Å². The molecule has 1 rings (SSSR count). The highest BCUT2D eigenvalue weighted by atomic mass is 35.5. The Hall–Kier alpha value is -1.59. The second-order valence-electron chi connectivity index (χ2n) is 3.46. The molecule has 0 atom stereocenters. The number of benzene rings is 1. The smallest absolute Gasteiger partial charge is 0.239 e. The van der Waals surface area contributed by atoms with Crippen molar-refractivity contribution in [3.05, 3.63) is 23.8 Å². The third-order valence-electron chi connectivity index (χ3n) is 2.10. The second kappa shape index (κ2) is 6.22. The highest BCUT2D eigenvalue weighted by Crippen LogP contribution is 2.20.